The third-order valence-electron chi connectivity index (χ3n) is 5.12. The van der Waals surface area contributed by atoms with Crippen molar-refractivity contribution < 1.29 is 17.2 Å². The molecule has 0 amide bonds. The lowest BCUT2D eigenvalue weighted by Gasteiger charge is -2.44. The van der Waals surface area contributed by atoms with Gasteiger partial charge in [0.05, 0.1) is 16.2 Å². The Bertz CT molecular complexity index is 1150. The summed E-state index contributed by atoms with van der Waals surface area (Å²) in [4.78, 5) is 3.47. The standard InChI is InChI=1S/C20H17ClF2N2O2S2/c21-14-10-18(29(26,27)12-19-24-8-9-28-19)16(23)11-17(14)25-20(6-3-7-20)13-4-1-2-5-15(13)22/h1-2,4-5,8-11,25H,3,6-7,12H2. The zero-order chi connectivity index (χ0) is 20.6. The first kappa shape index (κ1) is 20.3. The highest BCUT2D eigenvalue weighted by Gasteiger charge is 2.41. The van der Waals surface area contributed by atoms with Crippen LogP contribution in [0.5, 0.6) is 0 Å². The number of aromatic nitrogens is 1. The van der Waals surface area contributed by atoms with E-state index in [9.17, 15) is 17.2 Å². The Morgan fingerprint density at radius 1 is 1.17 bits per heavy atom. The van der Waals surface area contributed by atoms with Gasteiger partial charge in [0.1, 0.15) is 27.3 Å². The molecule has 1 saturated carbocycles. The number of thiazole rings is 1. The molecule has 1 heterocycles. The molecule has 0 radical (unpaired) electrons. The molecule has 3 aromatic rings. The lowest BCUT2D eigenvalue weighted by atomic mass is 9.71. The van der Waals surface area contributed by atoms with E-state index in [1.165, 1.54) is 23.6 Å². The third kappa shape index (κ3) is 3.89. The van der Waals surface area contributed by atoms with Gasteiger partial charge >= 0.3 is 0 Å². The largest absolute Gasteiger partial charge is 0.374 e. The predicted molar refractivity (Wildman–Crippen MR) is 110 cm³/mol. The fourth-order valence-electron chi connectivity index (χ4n) is 3.53. The van der Waals surface area contributed by atoms with Gasteiger partial charge in [-0.2, -0.15) is 0 Å². The van der Waals surface area contributed by atoms with E-state index < -0.39 is 31.8 Å². The van der Waals surface area contributed by atoms with Crippen molar-refractivity contribution in [2.24, 2.45) is 0 Å². The number of nitrogens with one attached hydrogen (secondary N) is 1. The van der Waals surface area contributed by atoms with Gasteiger partial charge in [-0.15, -0.1) is 11.3 Å². The second-order valence-electron chi connectivity index (χ2n) is 6.99. The minimum Gasteiger partial charge on any atom is -0.374 e. The Hall–Kier alpha value is -2.03. The van der Waals surface area contributed by atoms with E-state index in [0.717, 1.165) is 18.6 Å². The Morgan fingerprint density at radius 2 is 1.93 bits per heavy atom. The molecular weight excluding hydrogens is 438 g/mol. The second-order valence-corrected chi connectivity index (χ2v) is 10.3. The van der Waals surface area contributed by atoms with Gasteiger partial charge in [-0.25, -0.2) is 22.2 Å². The van der Waals surface area contributed by atoms with E-state index in [-0.39, 0.29) is 16.5 Å². The fraction of sp³-hybridized carbons (Fsp3) is 0.250. The summed E-state index contributed by atoms with van der Waals surface area (Å²) in [6.07, 6.45) is 3.71. The SMILES string of the molecule is O=S(=O)(Cc1nccs1)c1cc(Cl)c(NC2(c3ccccc3F)CCC2)cc1F. The van der Waals surface area contributed by atoms with Gasteiger partial charge in [0.15, 0.2) is 9.84 Å². The van der Waals surface area contributed by atoms with Crippen LogP contribution in [0.4, 0.5) is 14.5 Å². The van der Waals surface area contributed by atoms with Crippen LogP contribution >= 0.6 is 22.9 Å². The number of nitrogens with zero attached hydrogens (tertiary/aromatic N) is 1. The van der Waals surface area contributed by atoms with Crippen LogP contribution in [0.15, 0.2) is 52.9 Å². The van der Waals surface area contributed by atoms with Crippen LogP contribution in [0, 0.1) is 11.6 Å². The van der Waals surface area contributed by atoms with Gasteiger partial charge in [-0.1, -0.05) is 29.8 Å². The number of hydrogen-bond donors (Lipinski definition) is 1. The molecule has 1 fully saturated rings. The number of sulfone groups is 1. The van der Waals surface area contributed by atoms with E-state index in [2.05, 4.69) is 10.3 Å². The van der Waals surface area contributed by atoms with Crippen molar-refractivity contribution in [1.29, 1.82) is 0 Å². The highest BCUT2D eigenvalue weighted by atomic mass is 35.5. The number of benzene rings is 2. The lowest BCUT2D eigenvalue weighted by Crippen LogP contribution is -2.43. The van der Waals surface area contributed by atoms with Crippen LogP contribution in [0.25, 0.3) is 0 Å². The zero-order valence-corrected chi connectivity index (χ0v) is 17.6. The fourth-order valence-corrected chi connectivity index (χ4v) is 6.15. The molecule has 0 spiro atoms. The normalized spacial score (nSPS) is 15.7. The highest BCUT2D eigenvalue weighted by Crippen LogP contribution is 2.46. The van der Waals surface area contributed by atoms with E-state index in [1.807, 2.05) is 0 Å². The summed E-state index contributed by atoms with van der Waals surface area (Å²) < 4.78 is 54.3. The minimum absolute atomic E-state index is 0.0618. The summed E-state index contributed by atoms with van der Waals surface area (Å²) in [5.41, 5.74) is 0.0337. The molecule has 0 unspecified atom stereocenters. The molecule has 2 aromatic carbocycles. The summed E-state index contributed by atoms with van der Waals surface area (Å²) in [7, 11) is -3.95. The molecule has 4 rings (SSSR count). The second kappa shape index (κ2) is 7.66. The van der Waals surface area contributed by atoms with E-state index in [4.69, 9.17) is 11.6 Å². The summed E-state index contributed by atoms with van der Waals surface area (Å²) in [5.74, 6) is -1.65. The Labute approximate surface area is 176 Å². The Morgan fingerprint density at radius 3 is 2.55 bits per heavy atom. The Balaban J connectivity index is 1.66. The quantitative estimate of drug-likeness (QED) is 0.531. The van der Waals surface area contributed by atoms with Crippen molar-refractivity contribution in [3.8, 4) is 0 Å². The topological polar surface area (TPSA) is 59.1 Å². The smallest absolute Gasteiger partial charge is 0.187 e. The maximum atomic E-state index is 14.8. The molecular formula is C20H17ClF2N2O2S2. The van der Waals surface area contributed by atoms with E-state index >= 15 is 0 Å². The van der Waals surface area contributed by atoms with Gasteiger partial charge in [0.25, 0.3) is 0 Å². The van der Waals surface area contributed by atoms with Crippen LogP contribution in [0.2, 0.25) is 5.02 Å². The zero-order valence-electron chi connectivity index (χ0n) is 15.2. The number of halogens is 3. The van der Waals surface area contributed by atoms with Gasteiger partial charge in [0.2, 0.25) is 0 Å². The number of rotatable bonds is 6. The maximum absolute atomic E-state index is 14.8. The summed E-state index contributed by atoms with van der Waals surface area (Å²) >= 11 is 7.48. The first-order valence-corrected chi connectivity index (χ1v) is 11.9. The molecule has 1 aromatic heterocycles. The molecule has 29 heavy (non-hydrogen) atoms. The summed E-state index contributed by atoms with van der Waals surface area (Å²) in [5, 5.41) is 5.25. The van der Waals surface area contributed by atoms with Crippen molar-refractivity contribution >= 4 is 38.5 Å². The van der Waals surface area contributed by atoms with Crippen molar-refractivity contribution in [2.45, 2.75) is 35.4 Å². The third-order valence-corrected chi connectivity index (χ3v) is 8.04. The molecule has 0 bridgehead atoms. The summed E-state index contributed by atoms with van der Waals surface area (Å²) in [6.45, 7) is 0. The molecule has 0 aliphatic heterocycles. The average Bonchev–Trinajstić information content (AvgIpc) is 3.13. The van der Waals surface area contributed by atoms with Crippen molar-refractivity contribution in [2.75, 3.05) is 5.32 Å². The number of anilines is 1. The van der Waals surface area contributed by atoms with Crippen molar-refractivity contribution in [3.05, 3.63) is 75.2 Å². The molecule has 1 aliphatic rings. The van der Waals surface area contributed by atoms with Crippen LogP contribution in [0.3, 0.4) is 0 Å². The van der Waals surface area contributed by atoms with Gasteiger partial charge in [-0.3, -0.25) is 0 Å². The predicted octanol–water partition coefficient (Wildman–Crippen LogP) is 5.54. The van der Waals surface area contributed by atoms with Crippen LogP contribution in [-0.2, 0) is 21.1 Å². The number of hydrogen-bond acceptors (Lipinski definition) is 5. The average molecular weight is 455 g/mol. The van der Waals surface area contributed by atoms with E-state index in [0.29, 0.717) is 23.4 Å². The molecule has 1 N–H and O–H groups in total. The van der Waals surface area contributed by atoms with Crippen molar-refractivity contribution in [1.82, 2.24) is 4.98 Å². The van der Waals surface area contributed by atoms with Gasteiger partial charge in [-0.05, 0) is 37.5 Å². The van der Waals surface area contributed by atoms with Crippen molar-refractivity contribution in [3.63, 3.8) is 0 Å². The minimum atomic E-state index is -3.95. The molecule has 152 valence electrons. The monoisotopic (exact) mass is 454 g/mol. The van der Waals surface area contributed by atoms with E-state index in [1.54, 1.807) is 23.6 Å². The molecule has 9 heteroatoms. The van der Waals surface area contributed by atoms with Gasteiger partial charge < -0.3 is 5.32 Å². The first-order valence-electron chi connectivity index (χ1n) is 8.94. The van der Waals surface area contributed by atoms with Crippen LogP contribution in [0.1, 0.15) is 29.8 Å². The van der Waals surface area contributed by atoms with Crippen LogP contribution < -0.4 is 5.32 Å². The Kier molecular flexibility index (Phi) is 5.35. The molecule has 0 saturated heterocycles. The summed E-state index contributed by atoms with van der Waals surface area (Å²) in [6, 6.07) is 8.61. The molecule has 1 aliphatic carbocycles. The van der Waals surface area contributed by atoms with Gasteiger partial charge in [0, 0.05) is 17.1 Å². The molecule has 0 atom stereocenters. The van der Waals surface area contributed by atoms with Crippen LogP contribution in [-0.4, -0.2) is 13.4 Å². The maximum Gasteiger partial charge on any atom is 0.187 e. The highest BCUT2D eigenvalue weighted by molar-refractivity contribution is 7.90. The lowest BCUT2D eigenvalue weighted by molar-refractivity contribution is 0.275. The molecule has 4 nitrogen and oxygen atoms in total. The first-order chi connectivity index (χ1) is 13.8.